The molecule has 0 amide bonds. The summed E-state index contributed by atoms with van der Waals surface area (Å²) in [6.07, 6.45) is 0. The zero-order valence-corrected chi connectivity index (χ0v) is 14.5. The quantitative estimate of drug-likeness (QED) is 0.692. The first-order valence-electron chi connectivity index (χ1n) is 6.03. The Bertz CT molecular complexity index is 782. The van der Waals surface area contributed by atoms with E-state index >= 15 is 0 Å². The summed E-state index contributed by atoms with van der Waals surface area (Å²) in [5.41, 5.74) is -0.228. The highest BCUT2D eigenvalue weighted by atomic mass is 32.2. The smallest absolute Gasteiger partial charge is 0.339 e. The van der Waals surface area contributed by atoms with Gasteiger partial charge in [-0.2, -0.15) is 0 Å². The summed E-state index contributed by atoms with van der Waals surface area (Å²) in [6, 6.07) is 3.24. The van der Waals surface area contributed by atoms with Crippen LogP contribution in [-0.4, -0.2) is 66.7 Å². The fraction of sp³-hybridized carbons (Fsp3) is 0.417. The third-order valence-electron chi connectivity index (χ3n) is 2.90. The summed E-state index contributed by atoms with van der Waals surface area (Å²) >= 11 is 0. The second-order valence-electron chi connectivity index (χ2n) is 4.72. The monoisotopic (exact) mass is 350 g/mol. The molecule has 22 heavy (non-hydrogen) atoms. The van der Waals surface area contributed by atoms with E-state index in [1.165, 1.54) is 28.2 Å². The van der Waals surface area contributed by atoms with Gasteiger partial charge in [0.1, 0.15) is 0 Å². The molecule has 0 atom stereocenters. The van der Waals surface area contributed by atoms with Crippen LogP contribution in [0.25, 0.3) is 0 Å². The van der Waals surface area contributed by atoms with Gasteiger partial charge in [0, 0.05) is 28.2 Å². The predicted molar refractivity (Wildman–Crippen MR) is 79.5 cm³/mol. The summed E-state index contributed by atoms with van der Waals surface area (Å²) in [6.45, 7) is 0. The fourth-order valence-electron chi connectivity index (χ4n) is 1.56. The molecule has 1 rings (SSSR count). The van der Waals surface area contributed by atoms with Crippen LogP contribution in [0.4, 0.5) is 0 Å². The van der Waals surface area contributed by atoms with Crippen molar-refractivity contribution in [3.63, 3.8) is 0 Å². The minimum atomic E-state index is -4.02. The third-order valence-corrected chi connectivity index (χ3v) is 6.56. The molecule has 0 bridgehead atoms. The van der Waals surface area contributed by atoms with E-state index in [0.29, 0.717) is 0 Å². The van der Waals surface area contributed by atoms with Gasteiger partial charge in [0.2, 0.25) is 20.0 Å². The lowest BCUT2D eigenvalue weighted by atomic mass is 10.2. The Morgan fingerprint density at radius 3 is 1.86 bits per heavy atom. The van der Waals surface area contributed by atoms with Gasteiger partial charge in [0.25, 0.3) is 0 Å². The van der Waals surface area contributed by atoms with Gasteiger partial charge in [-0.3, -0.25) is 0 Å². The van der Waals surface area contributed by atoms with Crippen molar-refractivity contribution in [1.29, 1.82) is 0 Å². The number of hydrogen-bond acceptors (Lipinski definition) is 6. The van der Waals surface area contributed by atoms with E-state index in [1.807, 2.05) is 0 Å². The highest BCUT2D eigenvalue weighted by Crippen LogP contribution is 2.24. The summed E-state index contributed by atoms with van der Waals surface area (Å²) in [4.78, 5) is 11.1. The average Bonchev–Trinajstić information content (AvgIpc) is 2.45. The van der Waals surface area contributed by atoms with Crippen molar-refractivity contribution in [1.82, 2.24) is 8.61 Å². The number of carbonyl (C=O) groups is 1. The molecule has 0 heterocycles. The number of carbonyl (C=O) groups excluding carboxylic acids is 1. The number of sulfonamides is 2. The molecule has 0 spiro atoms. The minimum Gasteiger partial charge on any atom is -0.465 e. The van der Waals surface area contributed by atoms with Gasteiger partial charge in [-0.1, -0.05) is 0 Å². The number of rotatable bonds is 5. The molecule has 0 radical (unpaired) electrons. The third kappa shape index (κ3) is 3.29. The highest BCUT2D eigenvalue weighted by Gasteiger charge is 2.28. The minimum absolute atomic E-state index is 0.228. The summed E-state index contributed by atoms with van der Waals surface area (Å²) in [5.74, 6) is -0.866. The Hall–Kier alpha value is -1.49. The fourth-order valence-corrected chi connectivity index (χ4v) is 3.66. The molecule has 0 unspecified atom stereocenters. The number of nitrogens with zero attached hydrogens (tertiary/aromatic N) is 2. The van der Waals surface area contributed by atoms with Gasteiger partial charge in [-0.05, 0) is 18.2 Å². The Morgan fingerprint density at radius 2 is 1.45 bits per heavy atom. The van der Waals surface area contributed by atoms with Crippen molar-refractivity contribution >= 4 is 26.0 Å². The maximum Gasteiger partial charge on any atom is 0.339 e. The van der Waals surface area contributed by atoms with Gasteiger partial charge >= 0.3 is 5.97 Å². The van der Waals surface area contributed by atoms with Crippen LogP contribution in [0.15, 0.2) is 28.0 Å². The molecule has 0 aliphatic rings. The Morgan fingerprint density at radius 1 is 0.955 bits per heavy atom. The van der Waals surface area contributed by atoms with Gasteiger partial charge in [-0.25, -0.2) is 30.2 Å². The SMILES string of the molecule is COC(=O)c1ccc(S(=O)(=O)N(C)C)cc1S(=O)(=O)N(C)C. The lowest BCUT2D eigenvalue weighted by Crippen LogP contribution is -2.26. The largest absolute Gasteiger partial charge is 0.465 e. The standard InChI is InChI=1S/C12H18N2O6S2/c1-13(2)21(16,17)9-6-7-10(12(15)20-5)11(8-9)22(18,19)14(3)4/h6-8H,1-5H3. The molecule has 0 aromatic heterocycles. The number of ether oxygens (including phenoxy) is 1. The first kappa shape index (κ1) is 18.6. The topological polar surface area (TPSA) is 101 Å². The predicted octanol–water partition coefficient (Wildman–Crippen LogP) is -0.0262. The van der Waals surface area contributed by atoms with Crippen LogP contribution in [0.5, 0.6) is 0 Å². The van der Waals surface area contributed by atoms with Crippen LogP contribution < -0.4 is 0 Å². The van der Waals surface area contributed by atoms with Gasteiger partial charge < -0.3 is 4.74 Å². The van der Waals surface area contributed by atoms with E-state index < -0.39 is 30.9 Å². The molecule has 0 saturated heterocycles. The van der Waals surface area contributed by atoms with Gasteiger partial charge in [0.05, 0.1) is 22.5 Å². The van der Waals surface area contributed by atoms with Crippen molar-refractivity contribution in [3.05, 3.63) is 23.8 Å². The molecule has 0 aliphatic heterocycles. The molecular formula is C12H18N2O6S2. The molecule has 0 aliphatic carbocycles. The maximum absolute atomic E-state index is 12.3. The maximum atomic E-state index is 12.3. The van der Waals surface area contributed by atoms with Crippen molar-refractivity contribution in [2.24, 2.45) is 0 Å². The number of hydrogen-bond donors (Lipinski definition) is 0. The zero-order chi connectivity index (χ0) is 17.3. The molecule has 0 N–H and O–H groups in total. The van der Waals surface area contributed by atoms with E-state index in [4.69, 9.17) is 0 Å². The summed E-state index contributed by atoms with van der Waals surface area (Å²) in [5, 5.41) is 0. The molecule has 1 aromatic rings. The second kappa shape index (κ2) is 6.32. The second-order valence-corrected chi connectivity index (χ2v) is 9.00. The van der Waals surface area contributed by atoms with Crippen molar-refractivity contribution in [2.75, 3.05) is 35.3 Å². The van der Waals surface area contributed by atoms with Crippen LogP contribution in [-0.2, 0) is 24.8 Å². The highest BCUT2D eigenvalue weighted by molar-refractivity contribution is 7.90. The first-order valence-corrected chi connectivity index (χ1v) is 8.91. The van der Waals surface area contributed by atoms with E-state index in [1.54, 1.807) is 0 Å². The van der Waals surface area contributed by atoms with E-state index in [9.17, 15) is 21.6 Å². The van der Waals surface area contributed by atoms with E-state index in [2.05, 4.69) is 4.74 Å². The zero-order valence-electron chi connectivity index (χ0n) is 12.9. The Kier molecular flexibility index (Phi) is 5.34. The first-order chi connectivity index (χ1) is 9.96. The normalized spacial score (nSPS) is 12.7. The van der Waals surface area contributed by atoms with Crippen LogP contribution in [0.1, 0.15) is 10.4 Å². The molecule has 1 aromatic carbocycles. The summed E-state index contributed by atoms with van der Waals surface area (Å²) in [7, 11) is -1.54. The van der Waals surface area contributed by atoms with Crippen molar-refractivity contribution in [2.45, 2.75) is 9.79 Å². The van der Waals surface area contributed by atoms with Crippen LogP contribution >= 0.6 is 0 Å². The van der Waals surface area contributed by atoms with Crippen molar-refractivity contribution < 1.29 is 26.4 Å². The molecule has 124 valence electrons. The van der Waals surface area contributed by atoms with Gasteiger partial charge in [-0.15, -0.1) is 0 Å². The number of methoxy groups -OCH3 is 1. The molecule has 10 heteroatoms. The Balaban J connectivity index is 3.73. The van der Waals surface area contributed by atoms with Crippen LogP contribution in [0, 0.1) is 0 Å². The van der Waals surface area contributed by atoms with Gasteiger partial charge in [0.15, 0.2) is 0 Å². The van der Waals surface area contributed by atoms with E-state index in [-0.39, 0.29) is 10.5 Å². The van der Waals surface area contributed by atoms with Crippen LogP contribution in [0.2, 0.25) is 0 Å². The summed E-state index contributed by atoms with van der Waals surface area (Å²) < 4.78 is 55.3. The van der Waals surface area contributed by atoms with E-state index in [0.717, 1.165) is 33.9 Å². The lowest BCUT2D eigenvalue weighted by Gasteiger charge is -2.17. The molecule has 0 fully saturated rings. The lowest BCUT2D eigenvalue weighted by molar-refractivity contribution is 0.0596. The average molecular weight is 350 g/mol. The number of esters is 1. The molecule has 0 saturated carbocycles. The molecular weight excluding hydrogens is 332 g/mol. The van der Waals surface area contributed by atoms with Crippen LogP contribution in [0.3, 0.4) is 0 Å². The Labute approximate surface area is 130 Å². The number of benzene rings is 1. The van der Waals surface area contributed by atoms with Crippen molar-refractivity contribution in [3.8, 4) is 0 Å². The molecule has 8 nitrogen and oxygen atoms in total.